The lowest BCUT2D eigenvalue weighted by atomic mass is 10.2. The quantitative estimate of drug-likeness (QED) is 0.903. The van der Waals surface area contributed by atoms with Gasteiger partial charge in [-0.05, 0) is 11.4 Å². The number of carbonyl (C=O) groups is 1. The smallest absolute Gasteiger partial charge is 0.257 e. The van der Waals surface area contributed by atoms with E-state index >= 15 is 0 Å². The molecule has 0 saturated carbocycles. The number of nitrogens with zero attached hydrogens (tertiary/aromatic N) is 2. The van der Waals surface area contributed by atoms with E-state index in [0.29, 0.717) is 11.8 Å². The summed E-state index contributed by atoms with van der Waals surface area (Å²) in [6.07, 6.45) is 0. The third-order valence-corrected chi connectivity index (χ3v) is 2.99. The van der Waals surface area contributed by atoms with Crippen LogP contribution in [0.5, 0.6) is 0 Å². The molecule has 2 heterocycles. The highest BCUT2D eigenvalue weighted by atomic mass is 32.1. The van der Waals surface area contributed by atoms with E-state index in [0.717, 1.165) is 4.88 Å². The van der Waals surface area contributed by atoms with Crippen LogP contribution in [0.4, 0.5) is 0 Å². The van der Waals surface area contributed by atoms with Gasteiger partial charge >= 0.3 is 0 Å². The molecule has 0 aliphatic rings. The largest absolute Gasteiger partial charge is 0.418 e. The number of amides is 1. The van der Waals surface area contributed by atoms with E-state index in [1.165, 1.54) is 11.3 Å². The van der Waals surface area contributed by atoms with E-state index in [1.54, 1.807) is 0 Å². The third kappa shape index (κ3) is 2.91. The minimum atomic E-state index is -0.0466. The van der Waals surface area contributed by atoms with Gasteiger partial charge in [0, 0.05) is 5.92 Å². The minimum absolute atomic E-state index is 0.0270. The van der Waals surface area contributed by atoms with Gasteiger partial charge in [0.1, 0.15) is 0 Å². The zero-order valence-corrected chi connectivity index (χ0v) is 10.5. The van der Waals surface area contributed by atoms with Crippen LogP contribution in [-0.2, 0) is 11.3 Å². The molecule has 0 spiro atoms. The maximum Gasteiger partial charge on any atom is 0.257 e. The van der Waals surface area contributed by atoms with Crippen molar-refractivity contribution in [3.63, 3.8) is 0 Å². The fourth-order valence-corrected chi connectivity index (χ4v) is 1.84. The molecule has 1 N–H and O–H groups in total. The fraction of sp³-hybridized carbons (Fsp3) is 0.364. The number of hydrogen-bond donors (Lipinski definition) is 1. The van der Waals surface area contributed by atoms with Gasteiger partial charge in [0.15, 0.2) is 0 Å². The van der Waals surface area contributed by atoms with E-state index in [2.05, 4.69) is 15.5 Å². The predicted octanol–water partition coefficient (Wildman–Crippen LogP) is 2.07. The van der Waals surface area contributed by atoms with E-state index in [1.807, 2.05) is 31.4 Å². The Balaban J connectivity index is 1.97. The standard InChI is InChI=1S/C11H13N3O2S/c1-7(2)10(15)12-6-9-13-14-11(16-9)8-4-3-5-17-8/h3-5,7H,6H2,1-2H3,(H,12,15). The molecule has 0 bridgehead atoms. The Morgan fingerprint density at radius 1 is 1.53 bits per heavy atom. The van der Waals surface area contributed by atoms with Crippen LogP contribution in [-0.4, -0.2) is 16.1 Å². The lowest BCUT2D eigenvalue weighted by molar-refractivity contribution is -0.124. The van der Waals surface area contributed by atoms with Crippen molar-refractivity contribution in [1.29, 1.82) is 0 Å². The van der Waals surface area contributed by atoms with Crippen molar-refractivity contribution in [3.8, 4) is 10.8 Å². The normalized spacial score (nSPS) is 10.8. The van der Waals surface area contributed by atoms with Crippen molar-refractivity contribution in [2.45, 2.75) is 20.4 Å². The van der Waals surface area contributed by atoms with Crippen molar-refractivity contribution in [1.82, 2.24) is 15.5 Å². The van der Waals surface area contributed by atoms with Gasteiger partial charge < -0.3 is 9.73 Å². The molecule has 0 unspecified atom stereocenters. The van der Waals surface area contributed by atoms with Crippen molar-refractivity contribution >= 4 is 17.2 Å². The monoisotopic (exact) mass is 251 g/mol. The first-order chi connectivity index (χ1) is 8.16. The van der Waals surface area contributed by atoms with E-state index < -0.39 is 0 Å². The number of thiophene rings is 1. The van der Waals surface area contributed by atoms with Gasteiger partial charge in [-0.3, -0.25) is 4.79 Å². The van der Waals surface area contributed by atoms with Crippen LogP contribution < -0.4 is 5.32 Å². The Labute approximate surface area is 103 Å². The Kier molecular flexibility index (Phi) is 3.53. The fourth-order valence-electron chi connectivity index (χ4n) is 1.19. The molecule has 6 heteroatoms. The summed E-state index contributed by atoms with van der Waals surface area (Å²) in [5, 5.41) is 12.5. The number of rotatable bonds is 4. The third-order valence-electron chi connectivity index (χ3n) is 2.14. The van der Waals surface area contributed by atoms with Gasteiger partial charge in [0.05, 0.1) is 11.4 Å². The molecular weight excluding hydrogens is 238 g/mol. The van der Waals surface area contributed by atoms with Crippen LogP contribution in [0.3, 0.4) is 0 Å². The summed E-state index contributed by atoms with van der Waals surface area (Å²) in [5.74, 6) is 0.840. The zero-order chi connectivity index (χ0) is 12.3. The molecule has 2 rings (SSSR count). The maximum absolute atomic E-state index is 11.4. The molecule has 1 amide bonds. The van der Waals surface area contributed by atoms with Gasteiger partial charge in [-0.25, -0.2) is 0 Å². The highest BCUT2D eigenvalue weighted by Crippen LogP contribution is 2.22. The van der Waals surface area contributed by atoms with Crippen molar-refractivity contribution in [3.05, 3.63) is 23.4 Å². The van der Waals surface area contributed by atoms with Gasteiger partial charge in [-0.1, -0.05) is 19.9 Å². The molecule has 0 saturated heterocycles. The van der Waals surface area contributed by atoms with Gasteiger partial charge in [0.25, 0.3) is 5.89 Å². The summed E-state index contributed by atoms with van der Waals surface area (Å²) in [6.45, 7) is 3.94. The molecule has 0 radical (unpaired) electrons. The van der Waals surface area contributed by atoms with Crippen molar-refractivity contribution in [2.24, 2.45) is 5.92 Å². The second kappa shape index (κ2) is 5.09. The second-order valence-corrected chi connectivity index (χ2v) is 4.80. The summed E-state index contributed by atoms with van der Waals surface area (Å²) in [7, 11) is 0. The molecule has 2 aromatic heterocycles. The van der Waals surface area contributed by atoms with Gasteiger partial charge in [-0.2, -0.15) is 0 Å². The summed E-state index contributed by atoms with van der Waals surface area (Å²) < 4.78 is 5.43. The summed E-state index contributed by atoms with van der Waals surface area (Å²) in [6, 6.07) is 3.83. The SMILES string of the molecule is CC(C)C(=O)NCc1nnc(-c2cccs2)o1. The highest BCUT2D eigenvalue weighted by Gasteiger charge is 2.11. The Hall–Kier alpha value is -1.69. The Morgan fingerprint density at radius 2 is 2.35 bits per heavy atom. The predicted molar refractivity (Wildman–Crippen MR) is 64.3 cm³/mol. The maximum atomic E-state index is 11.4. The lowest BCUT2D eigenvalue weighted by Crippen LogP contribution is -2.27. The first kappa shape index (κ1) is 11.8. The first-order valence-electron chi connectivity index (χ1n) is 5.31. The molecule has 0 aromatic carbocycles. The average Bonchev–Trinajstić information content (AvgIpc) is 2.95. The average molecular weight is 251 g/mol. The van der Waals surface area contributed by atoms with Crippen LogP contribution in [0.25, 0.3) is 10.8 Å². The Morgan fingerprint density at radius 3 is 3.00 bits per heavy atom. The van der Waals surface area contributed by atoms with E-state index in [-0.39, 0.29) is 18.4 Å². The number of nitrogens with one attached hydrogen (secondary N) is 1. The Bertz CT molecular complexity index is 491. The molecule has 17 heavy (non-hydrogen) atoms. The minimum Gasteiger partial charge on any atom is -0.418 e. The summed E-state index contributed by atoms with van der Waals surface area (Å²) in [4.78, 5) is 12.3. The van der Waals surface area contributed by atoms with Crippen molar-refractivity contribution < 1.29 is 9.21 Å². The highest BCUT2D eigenvalue weighted by molar-refractivity contribution is 7.13. The van der Waals surface area contributed by atoms with E-state index in [4.69, 9.17) is 4.42 Å². The molecule has 0 aliphatic carbocycles. The summed E-state index contributed by atoms with van der Waals surface area (Å²) >= 11 is 1.54. The molecule has 0 atom stereocenters. The van der Waals surface area contributed by atoms with Crippen molar-refractivity contribution in [2.75, 3.05) is 0 Å². The zero-order valence-electron chi connectivity index (χ0n) is 9.64. The lowest BCUT2D eigenvalue weighted by Gasteiger charge is -2.03. The van der Waals surface area contributed by atoms with E-state index in [9.17, 15) is 4.79 Å². The number of hydrogen-bond acceptors (Lipinski definition) is 5. The number of aromatic nitrogens is 2. The number of carbonyl (C=O) groups excluding carboxylic acids is 1. The topological polar surface area (TPSA) is 68.0 Å². The van der Waals surface area contributed by atoms with Gasteiger partial charge in [0.2, 0.25) is 11.8 Å². The van der Waals surface area contributed by atoms with Crippen LogP contribution >= 0.6 is 11.3 Å². The molecular formula is C11H13N3O2S. The molecule has 2 aromatic rings. The van der Waals surface area contributed by atoms with Gasteiger partial charge in [-0.15, -0.1) is 21.5 Å². The summed E-state index contributed by atoms with van der Waals surface area (Å²) in [5.41, 5.74) is 0. The van der Waals surface area contributed by atoms with Crippen LogP contribution in [0.2, 0.25) is 0 Å². The molecule has 90 valence electrons. The van der Waals surface area contributed by atoms with Crippen LogP contribution in [0.1, 0.15) is 19.7 Å². The van der Waals surface area contributed by atoms with Crippen LogP contribution in [0.15, 0.2) is 21.9 Å². The second-order valence-electron chi connectivity index (χ2n) is 3.85. The molecule has 5 nitrogen and oxygen atoms in total. The molecule has 0 aliphatic heterocycles. The molecule has 0 fully saturated rings. The first-order valence-corrected chi connectivity index (χ1v) is 6.18. The van der Waals surface area contributed by atoms with Crippen LogP contribution in [0, 0.1) is 5.92 Å².